The molecular formula is C90H176O17P2. The van der Waals surface area contributed by atoms with Crippen LogP contribution in [0.2, 0.25) is 0 Å². The Bertz CT molecular complexity index is 2100. The van der Waals surface area contributed by atoms with Crippen LogP contribution in [0.3, 0.4) is 0 Å². The molecule has 0 bridgehead atoms. The van der Waals surface area contributed by atoms with E-state index in [1.165, 1.54) is 289 Å². The number of aliphatic hydroxyl groups excluding tert-OH is 1. The van der Waals surface area contributed by atoms with Gasteiger partial charge in [0.25, 0.3) is 0 Å². The van der Waals surface area contributed by atoms with Crippen molar-refractivity contribution in [3.05, 3.63) is 0 Å². The monoisotopic (exact) mass is 1590 g/mol. The summed E-state index contributed by atoms with van der Waals surface area (Å²) in [7, 11) is -9.94. The van der Waals surface area contributed by atoms with Crippen molar-refractivity contribution in [3.63, 3.8) is 0 Å². The Morgan fingerprint density at radius 3 is 0.697 bits per heavy atom. The zero-order valence-corrected chi connectivity index (χ0v) is 73.8. The summed E-state index contributed by atoms with van der Waals surface area (Å²) in [5.74, 6) is 0.419. The first-order chi connectivity index (χ1) is 52.8. The third-order valence-electron chi connectivity index (χ3n) is 21.9. The van der Waals surface area contributed by atoms with E-state index in [2.05, 4.69) is 48.5 Å². The lowest BCUT2D eigenvalue weighted by Gasteiger charge is -2.21. The second kappa shape index (κ2) is 79.9. The predicted molar refractivity (Wildman–Crippen MR) is 451 cm³/mol. The number of esters is 4. The summed E-state index contributed by atoms with van der Waals surface area (Å²) in [6, 6.07) is 0. The van der Waals surface area contributed by atoms with Crippen LogP contribution in [0, 0.1) is 17.8 Å². The number of unbranched alkanes of at least 4 members (excludes halogenated alkanes) is 54. The van der Waals surface area contributed by atoms with E-state index in [1.807, 2.05) is 0 Å². The molecule has 0 saturated carbocycles. The molecule has 19 heteroatoms. The first kappa shape index (κ1) is 107. The van der Waals surface area contributed by atoms with E-state index in [9.17, 15) is 43.2 Å². The van der Waals surface area contributed by atoms with E-state index in [4.69, 9.17) is 37.0 Å². The zero-order chi connectivity index (χ0) is 80.0. The largest absolute Gasteiger partial charge is 0.472 e. The van der Waals surface area contributed by atoms with Gasteiger partial charge in [-0.05, 0) is 43.4 Å². The second-order valence-electron chi connectivity index (χ2n) is 33.3. The maximum atomic E-state index is 13.2. The van der Waals surface area contributed by atoms with Gasteiger partial charge in [0.15, 0.2) is 12.2 Å². The molecule has 17 nitrogen and oxygen atoms in total. The molecule has 0 spiro atoms. The highest BCUT2D eigenvalue weighted by atomic mass is 31.2. The van der Waals surface area contributed by atoms with Crippen LogP contribution in [0.4, 0.5) is 0 Å². The summed E-state index contributed by atoms with van der Waals surface area (Å²) in [4.78, 5) is 73.4. The third-order valence-corrected chi connectivity index (χ3v) is 23.8. The fourth-order valence-electron chi connectivity index (χ4n) is 14.0. The van der Waals surface area contributed by atoms with Gasteiger partial charge in [-0.2, -0.15) is 0 Å². The molecule has 0 aliphatic rings. The van der Waals surface area contributed by atoms with Crippen LogP contribution in [-0.4, -0.2) is 96.7 Å². The lowest BCUT2D eigenvalue weighted by Crippen LogP contribution is -2.30. The van der Waals surface area contributed by atoms with Gasteiger partial charge >= 0.3 is 39.5 Å². The fourth-order valence-corrected chi connectivity index (χ4v) is 15.6. The number of aliphatic hydroxyl groups is 1. The van der Waals surface area contributed by atoms with Crippen LogP contribution in [0.25, 0.3) is 0 Å². The number of hydrogen-bond acceptors (Lipinski definition) is 15. The Morgan fingerprint density at radius 1 is 0.266 bits per heavy atom. The molecule has 109 heavy (non-hydrogen) atoms. The van der Waals surface area contributed by atoms with Gasteiger partial charge in [0.05, 0.1) is 26.4 Å². The van der Waals surface area contributed by atoms with Crippen molar-refractivity contribution in [2.75, 3.05) is 39.6 Å². The molecule has 0 aromatic heterocycles. The molecular weight excluding hydrogens is 1410 g/mol. The minimum Gasteiger partial charge on any atom is -0.462 e. The Kier molecular flexibility index (Phi) is 78.5. The van der Waals surface area contributed by atoms with Crippen molar-refractivity contribution in [1.29, 1.82) is 0 Å². The van der Waals surface area contributed by atoms with Crippen LogP contribution in [-0.2, 0) is 65.4 Å². The first-order valence-electron chi connectivity index (χ1n) is 46.4. The molecule has 0 rings (SSSR count). The number of ether oxygens (including phenoxy) is 4. The van der Waals surface area contributed by atoms with E-state index >= 15 is 0 Å². The van der Waals surface area contributed by atoms with Gasteiger partial charge in [0.2, 0.25) is 0 Å². The Morgan fingerprint density at radius 2 is 0.468 bits per heavy atom. The standard InChI is InChI=1S/C90H176O17P2/c1-8-11-12-13-14-15-16-36-43-50-57-64-71-87(92)100-77-85(106-90(95)74-67-60-53-46-39-32-25-23-27-33-40-47-54-61-68-81(4)5)79-104-108(96,97)102-75-84(91)76-103-109(98,99)105-80-86(78-101-88(93)72-65-58-51-44-37-30-26-24-29-35-42-49-56-63-70-83(7)10-3)107-89(94)73-66-59-52-45-38-31-22-20-18-17-19-21-28-34-41-48-55-62-69-82(6)9-2/h81-86,91H,8-80H2,1-7H3,(H,96,97)(H,98,99)/t82?,83?,84-,85+,86+/m0/s1. The second-order valence-corrected chi connectivity index (χ2v) is 36.2. The summed E-state index contributed by atoms with van der Waals surface area (Å²) >= 11 is 0. The molecule has 0 aliphatic heterocycles. The Hall–Kier alpha value is -1.94. The summed E-state index contributed by atoms with van der Waals surface area (Å²) in [5.41, 5.74) is 0. The minimum absolute atomic E-state index is 0.108. The fraction of sp³-hybridized carbons (Fsp3) is 0.956. The summed E-state index contributed by atoms with van der Waals surface area (Å²) in [5, 5.41) is 10.7. The van der Waals surface area contributed by atoms with Gasteiger partial charge in [0, 0.05) is 25.7 Å². The van der Waals surface area contributed by atoms with E-state index in [0.29, 0.717) is 25.7 Å². The molecule has 0 aromatic rings. The summed E-state index contributed by atoms with van der Waals surface area (Å²) in [6.45, 7) is 12.2. The SMILES string of the molecule is CCCCCCCCCCCCCCC(=O)OC[C@H](COP(=O)(O)OC[C@H](O)COP(=O)(O)OC[C@@H](COC(=O)CCCCCCCCCCCCCCCCC(C)CC)OC(=O)CCCCCCCCCCCCCCCCCCCCC(C)CC)OC(=O)CCCCCCCCCCCCCCCCC(C)C. The molecule has 0 amide bonds. The average molecular weight is 1590 g/mol. The van der Waals surface area contributed by atoms with E-state index < -0.39 is 97.5 Å². The number of phosphoric acid groups is 2. The van der Waals surface area contributed by atoms with Crippen LogP contribution < -0.4 is 0 Å². The zero-order valence-electron chi connectivity index (χ0n) is 72.0. The third kappa shape index (κ3) is 81.0. The number of rotatable bonds is 88. The first-order valence-corrected chi connectivity index (χ1v) is 49.4. The highest BCUT2D eigenvalue weighted by Gasteiger charge is 2.31. The van der Waals surface area contributed by atoms with Gasteiger partial charge in [0.1, 0.15) is 19.3 Å². The van der Waals surface area contributed by atoms with Gasteiger partial charge in [-0.15, -0.1) is 0 Å². The molecule has 0 saturated heterocycles. The van der Waals surface area contributed by atoms with Crippen molar-refractivity contribution < 1.29 is 80.2 Å². The van der Waals surface area contributed by atoms with Crippen molar-refractivity contribution in [3.8, 4) is 0 Å². The molecule has 7 atom stereocenters. The molecule has 0 heterocycles. The van der Waals surface area contributed by atoms with E-state index in [0.717, 1.165) is 108 Å². The van der Waals surface area contributed by atoms with Gasteiger partial charge in [-0.1, -0.05) is 427 Å². The van der Waals surface area contributed by atoms with Crippen molar-refractivity contribution in [1.82, 2.24) is 0 Å². The van der Waals surface area contributed by atoms with E-state index in [-0.39, 0.29) is 25.7 Å². The molecule has 0 aromatic carbocycles. The highest BCUT2D eigenvalue weighted by molar-refractivity contribution is 7.47. The minimum atomic E-state index is -4.97. The normalized spacial score (nSPS) is 14.3. The van der Waals surface area contributed by atoms with Crippen molar-refractivity contribution >= 4 is 39.5 Å². The Balaban J connectivity index is 5.25. The Labute approximate surface area is 670 Å². The van der Waals surface area contributed by atoms with Gasteiger partial charge in [-0.25, -0.2) is 9.13 Å². The predicted octanol–water partition coefficient (Wildman–Crippen LogP) is 27.6. The summed E-state index contributed by atoms with van der Waals surface area (Å²) < 4.78 is 69.1. The van der Waals surface area contributed by atoms with E-state index in [1.54, 1.807) is 0 Å². The quantitative estimate of drug-likeness (QED) is 0.0222. The summed E-state index contributed by atoms with van der Waals surface area (Å²) in [6.07, 6.45) is 72.0. The average Bonchev–Trinajstić information content (AvgIpc) is 0.898. The molecule has 0 aliphatic carbocycles. The highest BCUT2D eigenvalue weighted by Crippen LogP contribution is 2.45. The molecule has 0 fully saturated rings. The molecule has 4 unspecified atom stereocenters. The van der Waals surface area contributed by atoms with Crippen molar-refractivity contribution in [2.24, 2.45) is 17.8 Å². The maximum Gasteiger partial charge on any atom is 0.472 e. The van der Waals surface area contributed by atoms with Crippen LogP contribution in [0.5, 0.6) is 0 Å². The van der Waals surface area contributed by atoms with Gasteiger partial charge < -0.3 is 33.8 Å². The van der Waals surface area contributed by atoms with Crippen LogP contribution in [0.15, 0.2) is 0 Å². The number of hydrogen-bond donors (Lipinski definition) is 3. The smallest absolute Gasteiger partial charge is 0.462 e. The molecule has 0 radical (unpaired) electrons. The number of carbonyl (C=O) groups excluding carboxylic acids is 4. The van der Waals surface area contributed by atoms with Crippen LogP contribution in [0.1, 0.15) is 479 Å². The topological polar surface area (TPSA) is 237 Å². The molecule has 648 valence electrons. The lowest BCUT2D eigenvalue weighted by molar-refractivity contribution is -0.161. The molecule has 3 N–H and O–H groups in total. The van der Waals surface area contributed by atoms with Crippen molar-refractivity contribution in [2.45, 2.75) is 497 Å². The lowest BCUT2D eigenvalue weighted by atomic mass is 9.99. The number of phosphoric ester groups is 2. The van der Waals surface area contributed by atoms with Crippen LogP contribution >= 0.6 is 15.6 Å². The number of carbonyl (C=O) groups is 4. The maximum absolute atomic E-state index is 13.2. The van der Waals surface area contributed by atoms with Gasteiger partial charge in [-0.3, -0.25) is 37.3 Å².